The first kappa shape index (κ1) is 14.9. The third kappa shape index (κ3) is 3.75. The molecule has 1 amide bonds. The monoisotopic (exact) mass is 283 g/mol. The number of nitrogens with zero attached hydrogens (tertiary/aromatic N) is 1. The van der Waals surface area contributed by atoms with Gasteiger partial charge >= 0.3 is 0 Å². The highest BCUT2D eigenvalue weighted by Crippen LogP contribution is 2.18. The van der Waals surface area contributed by atoms with E-state index in [0.717, 1.165) is 17.8 Å². The predicted molar refractivity (Wildman–Crippen MR) is 87.8 cm³/mol. The largest absolute Gasteiger partial charge is 0.381 e. The second-order valence-electron chi connectivity index (χ2n) is 5.31. The Morgan fingerprint density at radius 1 is 1.14 bits per heavy atom. The van der Waals surface area contributed by atoms with Gasteiger partial charge in [0.25, 0.3) is 0 Å². The molecule has 110 valence electrons. The normalized spacial score (nSPS) is 10.2. The van der Waals surface area contributed by atoms with Crippen molar-refractivity contribution in [1.82, 2.24) is 0 Å². The molecular formula is C17H21N3O. The quantitative estimate of drug-likeness (QED) is 0.887. The van der Waals surface area contributed by atoms with Gasteiger partial charge in [0.1, 0.15) is 0 Å². The first-order valence-electron chi connectivity index (χ1n) is 6.88. The van der Waals surface area contributed by atoms with Crippen LogP contribution < -0.4 is 16.0 Å². The number of nitrogens with two attached hydrogens (primary N) is 1. The number of aryl methyl sites for hydroxylation is 1. The Bertz CT molecular complexity index is 633. The Kier molecular flexibility index (Phi) is 4.48. The highest BCUT2D eigenvalue weighted by atomic mass is 16.1. The zero-order valence-electron chi connectivity index (χ0n) is 12.7. The number of anilines is 2. The maximum Gasteiger partial charge on any atom is 0.248 e. The fraction of sp³-hybridized carbons (Fsp3) is 0.235. The number of benzene rings is 2. The van der Waals surface area contributed by atoms with Gasteiger partial charge < -0.3 is 16.0 Å². The van der Waals surface area contributed by atoms with E-state index in [9.17, 15) is 4.79 Å². The maximum absolute atomic E-state index is 11.1. The Labute approximate surface area is 125 Å². The molecule has 0 aliphatic heterocycles. The average molecular weight is 283 g/mol. The van der Waals surface area contributed by atoms with Crippen LogP contribution in [0.3, 0.4) is 0 Å². The van der Waals surface area contributed by atoms with Gasteiger partial charge in [-0.15, -0.1) is 0 Å². The lowest BCUT2D eigenvalue weighted by atomic mass is 10.1. The number of nitrogens with one attached hydrogen (secondary N) is 1. The summed E-state index contributed by atoms with van der Waals surface area (Å²) < 4.78 is 0. The van der Waals surface area contributed by atoms with Crippen LogP contribution in [0, 0.1) is 6.92 Å². The van der Waals surface area contributed by atoms with Crippen LogP contribution in [0.4, 0.5) is 11.4 Å². The highest BCUT2D eigenvalue weighted by molar-refractivity contribution is 5.93. The minimum atomic E-state index is -0.399. The summed E-state index contributed by atoms with van der Waals surface area (Å²) in [5.74, 6) is -0.399. The van der Waals surface area contributed by atoms with E-state index in [1.165, 1.54) is 11.3 Å². The molecule has 0 bridgehead atoms. The SMILES string of the molecule is Cc1cc(C(N)=O)ccc1NCc1ccc(N(C)C)cc1. The summed E-state index contributed by atoms with van der Waals surface area (Å²) in [5.41, 5.74) is 10.2. The molecule has 4 heteroatoms. The Morgan fingerprint density at radius 3 is 2.33 bits per heavy atom. The van der Waals surface area contributed by atoms with E-state index in [1.54, 1.807) is 12.1 Å². The Balaban J connectivity index is 2.04. The van der Waals surface area contributed by atoms with Crippen LogP contribution in [-0.2, 0) is 6.54 Å². The fourth-order valence-corrected chi connectivity index (χ4v) is 2.12. The molecule has 0 aliphatic carbocycles. The van der Waals surface area contributed by atoms with Crippen LogP contribution >= 0.6 is 0 Å². The third-order valence-corrected chi connectivity index (χ3v) is 3.45. The maximum atomic E-state index is 11.1. The molecule has 0 fully saturated rings. The number of carbonyl (C=O) groups excluding carboxylic acids is 1. The van der Waals surface area contributed by atoms with Crippen molar-refractivity contribution in [2.45, 2.75) is 13.5 Å². The van der Waals surface area contributed by atoms with Gasteiger partial charge in [0.05, 0.1) is 0 Å². The highest BCUT2D eigenvalue weighted by Gasteiger charge is 2.04. The van der Waals surface area contributed by atoms with Crippen molar-refractivity contribution in [3.63, 3.8) is 0 Å². The summed E-state index contributed by atoms with van der Waals surface area (Å²) >= 11 is 0. The number of hydrogen-bond donors (Lipinski definition) is 2. The summed E-state index contributed by atoms with van der Waals surface area (Å²) in [4.78, 5) is 13.2. The molecule has 0 saturated carbocycles. The van der Waals surface area contributed by atoms with Crippen molar-refractivity contribution >= 4 is 17.3 Å². The topological polar surface area (TPSA) is 58.4 Å². The van der Waals surface area contributed by atoms with Gasteiger partial charge in [-0.25, -0.2) is 0 Å². The van der Waals surface area contributed by atoms with Crippen LogP contribution in [0.2, 0.25) is 0 Å². The molecule has 4 nitrogen and oxygen atoms in total. The number of primary amides is 1. The van der Waals surface area contributed by atoms with E-state index in [2.05, 4.69) is 34.5 Å². The van der Waals surface area contributed by atoms with Crippen molar-refractivity contribution in [3.05, 3.63) is 59.2 Å². The Hall–Kier alpha value is -2.49. The molecule has 0 radical (unpaired) electrons. The molecule has 0 spiro atoms. The van der Waals surface area contributed by atoms with Crippen molar-refractivity contribution in [3.8, 4) is 0 Å². The lowest BCUT2D eigenvalue weighted by molar-refractivity contribution is 0.1000. The number of hydrogen-bond acceptors (Lipinski definition) is 3. The lowest BCUT2D eigenvalue weighted by Gasteiger charge is -2.14. The molecular weight excluding hydrogens is 262 g/mol. The van der Waals surface area contributed by atoms with Gasteiger partial charge in [0.2, 0.25) is 5.91 Å². The molecule has 0 heterocycles. The van der Waals surface area contributed by atoms with Crippen LogP contribution in [-0.4, -0.2) is 20.0 Å². The van der Waals surface area contributed by atoms with Gasteiger partial charge in [-0.1, -0.05) is 12.1 Å². The molecule has 2 rings (SSSR count). The molecule has 2 aromatic carbocycles. The van der Waals surface area contributed by atoms with Crippen molar-refractivity contribution in [2.24, 2.45) is 5.73 Å². The molecule has 0 aliphatic rings. The summed E-state index contributed by atoms with van der Waals surface area (Å²) in [6.45, 7) is 2.70. The number of rotatable bonds is 5. The third-order valence-electron chi connectivity index (χ3n) is 3.45. The first-order valence-corrected chi connectivity index (χ1v) is 6.88. The van der Waals surface area contributed by atoms with E-state index in [-0.39, 0.29) is 0 Å². The second kappa shape index (κ2) is 6.31. The van der Waals surface area contributed by atoms with Gasteiger partial charge in [0, 0.05) is 37.6 Å². The minimum Gasteiger partial charge on any atom is -0.381 e. The molecule has 21 heavy (non-hydrogen) atoms. The summed E-state index contributed by atoms with van der Waals surface area (Å²) in [5, 5.41) is 3.38. The van der Waals surface area contributed by atoms with E-state index in [0.29, 0.717) is 5.56 Å². The molecule has 2 aromatic rings. The second-order valence-corrected chi connectivity index (χ2v) is 5.31. The van der Waals surface area contributed by atoms with Crippen molar-refractivity contribution in [1.29, 1.82) is 0 Å². The van der Waals surface area contributed by atoms with Gasteiger partial charge in [-0.3, -0.25) is 4.79 Å². The van der Waals surface area contributed by atoms with Gasteiger partial charge in [-0.05, 0) is 48.4 Å². The first-order chi connectivity index (χ1) is 9.97. The molecule has 0 unspecified atom stereocenters. The zero-order chi connectivity index (χ0) is 15.4. The van der Waals surface area contributed by atoms with Gasteiger partial charge in [-0.2, -0.15) is 0 Å². The molecule has 0 aromatic heterocycles. The molecule has 0 saturated heterocycles. The fourth-order valence-electron chi connectivity index (χ4n) is 2.12. The van der Waals surface area contributed by atoms with E-state index in [4.69, 9.17) is 5.73 Å². The van der Waals surface area contributed by atoms with E-state index in [1.807, 2.05) is 27.1 Å². The summed E-state index contributed by atoms with van der Waals surface area (Å²) in [6, 6.07) is 13.8. The average Bonchev–Trinajstić information content (AvgIpc) is 2.46. The van der Waals surface area contributed by atoms with Crippen molar-refractivity contribution in [2.75, 3.05) is 24.3 Å². The number of amides is 1. The summed E-state index contributed by atoms with van der Waals surface area (Å²) in [6.07, 6.45) is 0. The van der Waals surface area contributed by atoms with E-state index < -0.39 is 5.91 Å². The lowest BCUT2D eigenvalue weighted by Crippen LogP contribution is -2.11. The Morgan fingerprint density at radius 2 is 1.81 bits per heavy atom. The summed E-state index contributed by atoms with van der Waals surface area (Å²) in [7, 11) is 4.05. The minimum absolute atomic E-state index is 0.399. The van der Waals surface area contributed by atoms with Gasteiger partial charge in [0.15, 0.2) is 0 Å². The molecule has 3 N–H and O–H groups in total. The van der Waals surface area contributed by atoms with Crippen LogP contribution in [0.25, 0.3) is 0 Å². The van der Waals surface area contributed by atoms with Crippen LogP contribution in [0.5, 0.6) is 0 Å². The molecule has 0 atom stereocenters. The smallest absolute Gasteiger partial charge is 0.248 e. The van der Waals surface area contributed by atoms with Crippen LogP contribution in [0.15, 0.2) is 42.5 Å². The standard InChI is InChI=1S/C17H21N3O/c1-12-10-14(17(18)21)6-9-16(12)19-11-13-4-7-15(8-5-13)20(2)3/h4-10,19H,11H2,1-3H3,(H2,18,21). The van der Waals surface area contributed by atoms with Crippen LogP contribution in [0.1, 0.15) is 21.5 Å². The zero-order valence-corrected chi connectivity index (χ0v) is 12.7. The number of carbonyl (C=O) groups is 1. The van der Waals surface area contributed by atoms with Crippen molar-refractivity contribution < 1.29 is 4.79 Å². The predicted octanol–water partition coefficient (Wildman–Crippen LogP) is 2.77. The van der Waals surface area contributed by atoms with E-state index >= 15 is 0 Å².